The summed E-state index contributed by atoms with van der Waals surface area (Å²) in [5.74, 6) is -8.15. The molecular weight excluding hydrogens is 251 g/mol. The monoisotopic (exact) mass is 262 g/mol. The van der Waals surface area contributed by atoms with E-state index in [0.717, 1.165) is 6.92 Å². The van der Waals surface area contributed by atoms with Crippen molar-refractivity contribution in [3.05, 3.63) is 0 Å². The molecule has 3 N–H and O–H groups in total. The number of hydrogen-bond donors (Lipinski definition) is 2. The highest BCUT2D eigenvalue weighted by Gasteiger charge is 2.56. The van der Waals surface area contributed by atoms with Crippen LogP contribution in [0.5, 0.6) is 0 Å². The molecule has 0 spiro atoms. The highest BCUT2D eigenvalue weighted by molar-refractivity contribution is 5.99. The molecule has 0 fully saturated rings. The highest BCUT2D eigenvalue weighted by Crippen LogP contribution is 2.37. The maximum absolute atomic E-state index is 12.4. The van der Waals surface area contributed by atoms with E-state index < -0.39 is 42.8 Å². The van der Waals surface area contributed by atoms with E-state index in [1.54, 1.807) is 5.32 Å². The molecule has 0 rings (SSSR count). The van der Waals surface area contributed by atoms with Crippen molar-refractivity contribution in [3.63, 3.8) is 0 Å². The Morgan fingerprint density at radius 3 is 2.06 bits per heavy atom. The number of primary amides is 1. The molecule has 0 aliphatic heterocycles. The molecular formula is C8H11F5N2O2. The SMILES string of the molecule is CC(C(N)=O)C(=O)NCCC(F)(F)C(F)(F)F. The zero-order valence-corrected chi connectivity index (χ0v) is 8.78. The summed E-state index contributed by atoms with van der Waals surface area (Å²) >= 11 is 0. The average Bonchev–Trinajstić information content (AvgIpc) is 2.14. The number of nitrogens with one attached hydrogen (secondary N) is 1. The largest absolute Gasteiger partial charge is 0.453 e. The Bertz CT molecular complexity index is 303. The number of rotatable bonds is 5. The molecule has 9 heteroatoms. The number of halogens is 5. The van der Waals surface area contributed by atoms with Gasteiger partial charge in [-0.1, -0.05) is 0 Å². The van der Waals surface area contributed by atoms with Crippen molar-refractivity contribution < 1.29 is 31.5 Å². The molecule has 0 saturated heterocycles. The second-order valence-electron chi connectivity index (χ2n) is 3.37. The molecule has 0 aromatic heterocycles. The van der Waals surface area contributed by atoms with Crippen molar-refractivity contribution >= 4 is 11.8 Å². The smallest absolute Gasteiger partial charge is 0.369 e. The molecule has 0 aliphatic rings. The number of hydrogen-bond acceptors (Lipinski definition) is 2. The van der Waals surface area contributed by atoms with Crippen molar-refractivity contribution in [2.45, 2.75) is 25.4 Å². The highest BCUT2D eigenvalue weighted by atomic mass is 19.4. The summed E-state index contributed by atoms with van der Waals surface area (Å²) in [7, 11) is 0. The van der Waals surface area contributed by atoms with E-state index >= 15 is 0 Å². The number of carbonyl (C=O) groups excluding carboxylic acids is 2. The fraction of sp³-hybridized carbons (Fsp3) is 0.750. The second kappa shape index (κ2) is 5.28. The predicted molar refractivity (Wildman–Crippen MR) is 47.0 cm³/mol. The summed E-state index contributed by atoms with van der Waals surface area (Å²) in [5, 5.41) is 1.77. The first-order valence-electron chi connectivity index (χ1n) is 4.50. The Morgan fingerprint density at radius 2 is 1.71 bits per heavy atom. The van der Waals surface area contributed by atoms with Crippen molar-refractivity contribution in [2.24, 2.45) is 11.7 Å². The number of amides is 2. The summed E-state index contributed by atoms with van der Waals surface area (Å²) in [6.07, 6.45) is -7.25. The van der Waals surface area contributed by atoms with Crippen molar-refractivity contribution in [1.29, 1.82) is 0 Å². The minimum atomic E-state index is -5.66. The standard InChI is InChI=1S/C8H11F5N2O2/c1-4(5(14)16)6(17)15-3-2-7(9,10)8(11,12)13/h4H,2-3H2,1H3,(H2,14,16)(H,15,17). The van der Waals surface area contributed by atoms with Gasteiger partial charge in [-0.3, -0.25) is 9.59 Å². The number of nitrogens with two attached hydrogens (primary N) is 1. The van der Waals surface area contributed by atoms with Crippen molar-refractivity contribution in [1.82, 2.24) is 5.32 Å². The van der Waals surface area contributed by atoms with Crippen LogP contribution in [0.3, 0.4) is 0 Å². The fourth-order valence-electron chi connectivity index (χ4n) is 0.767. The predicted octanol–water partition coefficient (Wildman–Crippen LogP) is 0.812. The Balaban J connectivity index is 4.17. The third-order valence-electron chi connectivity index (χ3n) is 1.97. The van der Waals surface area contributed by atoms with Gasteiger partial charge in [-0.05, 0) is 6.92 Å². The first kappa shape index (κ1) is 15.6. The van der Waals surface area contributed by atoms with Crippen molar-refractivity contribution in [3.8, 4) is 0 Å². The summed E-state index contributed by atoms with van der Waals surface area (Å²) in [6, 6.07) is 0. The molecule has 0 radical (unpaired) electrons. The molecule has 2 amide bonds. The minimum Gasteiger partial charge on any atom is -0.369 e. The first-order chi connectivity index (χ1) is 7.49. The van der Waals surface area contributed by atoms with Crippen molar-refractivity contribution in [2.75, 3.05) is 6.54 Å². The summed E-state index contributed by atoms with van der Waals surface area (Å²) in [4.78, 5) is 21.5. The van der Waals surface area contributed by atoms with E-state index in [9.17, 15) is 31.5 Å². The summed E-state index contributed by atoms with van der Waals surface area (Å²) in [6.45, 7) is 0.211. The van der Waals surface area contributed by atoms with E-state index in [1.165, 1.54) is 0 Å². The van der Waals surface area contributed by atoms with E-state index in [1.807, 2.05) is 0 Å². The number of carbonyl (C=O) groups is 2. The topological polar surface area (TPSA) is 72.2 Å². The molecule has 1 unspecified atom stereocenters. The third kappa shape index (κ3) is 4.53. The van der Waals surface area contributed by atoms with Gasteiger partial charge in [-0.15, -0.1) is 0 Å². The molecule has 0 heterocycles. The van der Waals surface area contributed by atoms with Gasteiger partial charge in [0.1, 0.15) is 5.92 Å². The van der Waals surface area contributed by atoms with Gasteiger partial charge in [0.15, 0.2) is 0 Å². The Labute approximate surface area is 93.3 Å². The minimum absolute atomic E-state index is 0.900. The zero-order valence-electron chi connectivity index (χ0n) is 8.78. The Morgan fingerprint density at radius 1 is 1.24 bits per heavy atom. The normalized spacial score (nSPS) is 14.2. The van der Waals surface area contributed by atoms with Crippen LogP contribution < -0.4 is 11.1 Å². The lowest BCUT2D eigenvalue weighted by molar-refractivity contribution is -0.283. The molecule has 0 bridgehead atoms. The lowest BCUT2D eigenvalue weighted by Crippen LogP contribution is -2.42. The molecule has 0 aromatic rings. The van der Waals surface area contributed by atoms with Gasteiger partial charge in [0.05, 0.1) is 0 Å². The van der Waals surface area contributed by atoms with Crippen LogP contribution in [0, 0.1) is 5.92 Å². The van der Waals surface area contributed by atoms with Gasteiger partial charge >= 0.3 is 12.1 Å². The molecule has 0 saturated carbocycles. The molecule has 100 valence electrons. The van der Waals surface area contributed by atoms with Crippen LogP contribution in [-0.2, 0) is 9.59 Å². The summed E-state index contributed by atoms with van der Waals surface area (Å²) < 4.78 is 59.9. The average molecular weight is 262 g/mol. The van der Waals surface area contributed by atoms with Gasteiger partial charge < -0.3 is 11.1 Å². The van der Waals surface area contributed by atoms with Gasteiger partial charge in [0.25, 0.3) is 0 Å². The van der Waals surface area contributed by atoms with Gasteiger partial charge in [0, 0.05) is 13.0 Å². The van der Waals surface area contributed by atoms with Crippen LogP contribution in [0.2, 0.25) is 0 Å². The maximum Gasteiger partial charge on any atom is 0.453 e. The lowest BCUT2D eigenvalue weighted by Gasteiger charge is -2.19. The second-order valence-corrected chi connectivity index (χ2v) is 3.37. The van der Waals surface area contributed by atoms with Crippen LogP contribution in [0.15, 0.2) is 0 Å². The van der Waals surface area contributed by atoms with E-state index in [0.29, 0.717) is 0 Å². The summed E-state index contributed by atoms with van der Waals surface area (Å²) in [5.41, 5.74) is 4.74. The first-order valence-corrected chi connectivity index (χ1v) is 4.50. The van der Waals surface area contributed by atoms with Gasteiger partial charge in [0.2, 0.25) is 11.8 Å². The fourth-order valence-corrected chi connectivity index (χ4v) is 0.767. The van der Waals surface area contributed by atoms with Crippen LogP contribution in [0.4, 0.5) is 22.0 Å². The number of alkyl halides is 5. The Kier molecular flexibility index (Phi) is 4.84. The third-order valence-corrected chi connectivity index (χ3v) is 1.97. The molecule has 0 aromatic carbocycles. The quantitative estimate of drug-likeness (QED) is 0.568. The lowest BCUT2D eigenvalue weighted by atomic mass is 10.1. The maximum atomic E-state index is 12.4. The van der Waals surface area contributed by atoms with E-state index in [4.69, 9.17) is 5.73 Å². The van der Waals surface area contributed by atoms with E-state index in [-0.39, 0.29) is 0 Å². The van der Waals surface area contributed by atoms with Gasteiger partial charge in [-0.2, -0.15) is 22.0 Å². The molecule has 17 heavy (non-hydrogen) atoms. The molecule has 1 atom stereocenters. The van der Waals surface area contributed by atoms with E-state index in [2.05, 4.69) is 0 Å². The molecule has 0 aliphatic carbocycles. The molecule has 4 nitrogen and oxygen atoms in total. The van der Waals surface area contributed by atoms with Crippen LogP contribution >= 0.6 is 0 Å². The Hall–Kier alpha value is -1.41. The zero-order chi connectivity index (χ0) is 13.9. The van der Waals surface area contributed by atoms with Gasteiger partial charge in [-0.25, -0.2) is 0 Å². The van der Waals surface area contributed by atoms with Crippen LogP contribution in [0.25, 0.3) is 0 Å². The van der Waals surface area contributed by atoms with Crippen LogP contribution in [0.1, 0.15) is 13.3 Å². The van der Waals surface area contributed by atoms with Crippen LogP contribution in [-0.4, -0.2) is 30.5 Å².